The number of fused-ring (bicyclic) bond motifs is 1. The number of hydrogen-bond donors (Lipinski definition) is 1. The van der Waals surface area contributed by atoms with E-state index in [0.717, 1.165) is 6.07 Å². The number of ether oxygens (including phenoxy) is 1. The van der Waals surface area contributed by atoms with Crippen LogP contribution in [0.15, 0.2) is 36.7 Å². The minimum absolute atomic E-state index is 0.0853. The summed E-state index contributed by atoms with van der Waals surface area (Å²) in [7, 11) is 1.48. The van der Waals surface area contributed by atoms with Crippen molar-refractivity contribution in [3.8, 4) is 16.9 Å². The molecule has 1 aliphatic heterocycles. The maximum Gasteiger partial charge on any atom is 0.433 e. The minimum Gasteiger partial charge on any atom is -0.494 e. The zero-order valence-corrected chi connectivity index (χ0v) is 23.0. The standard InChI is InChI=1S/C25H17Cl2F3N6O3S/c1-11-5-13(14-6-20(26)32-8-17(14)39-2)15(7-31-11)22(37)35-24-33-16-9-36(10-18(16)40-24)23(38)12-3-4-19(25(28,29)30)34-21(12)27/h3-8H,9-10H2,1-2H3,(H,33,35,37). The number of nitrogens with one attached hydrogen (secondary N) is 1. The van der Waals surface area contributed by atoms with E-state index in [2.05, 4.69) is 25.3 Å². The molecule has 1 N–H and O–H groups in total. The van der Waals surface area contributed by atoms with E-state index in [1.165, 1.54) is 35.7 Å². The summed E-state index contributed by atoms with van der Waals surface area (Å²) in [5.74, 6) is -0.631. The zero-order chi connectivity index (χ0) is 28.8. The number of alkyl halides is 3. The summed E-state index contributed by atoms with van der Waals surface area (Å²) < 4.78 is 44.0. The lowest BCUT2D eigenvalue weighted by Gasteiger charge is -2.17. The highest BCUT2D eigenvalue weighted by Crippen LogP contribution is 2.36. The van der Waals surface area contributed by atoms with Crippen molar-refractivity contribution in [1.82, 2.24) is 24.8 Å². The predicted octanol–water partition coefficient (Wildman–Crippen LogP) is 6.05. The molecule has 0 fully saturated rings. The van der Waals surface area contributed by atoms with Gasteiger partial charge in [-0.2, -0.15) is 13.2 Å². The quantitative estimate of drug-likeness (QED) is 0.275. The first-order valence-corrected chi connectivity index (χ1v) is 13.0. The van der Waals surface area contributed by atoms with Crippen LogP contribution >= 0.6 is 34.5 Å². The van der Waals surface area contributed by atoms with Gasteiger partial charge in [-0.1, -0.05) is 34.5 Å². The molecule has 0 atom stereocenters. The lowest BCUT2D eigenvalue weighted by atomic mass is 10.0. The van der Waals surface area contributed by atoms with E-state index in [0.29, 0.717) is 44.3 Å². The average molecular weight is 609 g/mol. The molecule has 0 bridgehead atoms. The molecule has 4 aromatic rings. The Labute approximate surface area is 239 Å². The molecule has 0 saturated carbocycles. The average Bonchev–Trinajstić information content (AvgIpc) is 3.46. The van der Waals surface area contributed by atoms with Gasteiger partial charge in [0.15, 0.2) is 5.13 Å². The van der Waals surface area contributed by atoms with Gasteiger partial charge in [0.05, 0.1) is 48.1 Å². The fraction of sp³-hybridized carbons (Fsp3) is 0.200. The largest absolute Gasteiger partial charge is 0.494 e. The number of anilines is 1. The number of carbonyl (C=O) groups is 2. The first-order chi connectivity index (χ1) is 18.9. The van der Waals surface area contributed by atoms with Crippen LogP contribution in [0.3, 0.4) is 0 Å². The number of carbonyl (C=O) groups excluding carboxylic acids is 2. The Morgan fingerprint density at radius 1 is 1.05 bits per heavy atom. The Hall–Kier alpha value is -3.81. The van der Waals surface area contributed by atoms with Crippen LogP contribution in [-0.4, -0.2) is 43.8 Å². The van der Waals surface area contributed by atoms with Crippen molar-refractivity contribution in [1.29, 1.82) is 0 Å². The Kier molecular flexibility index (Phi) is 7.38. The first-order valence-electron chi connectivity index (χ1n) is 11.4. The molecule has 9 nitrogen and oxygen atoms in total. The van der Waals surface area contributed by atoms with Gasteiger partial charge in [0.1, 0.15) is 21.7 Å². The van der Waals surface area contributed by atoms with Crippen molar-refractivity contribution in [2.24, 2.45) is 0 Å². The summed E-state index contributed by atoms with van der Waals surface area (Å²) in [5, 5.41) is 2.77. The molecule has 0 aliphatic carbocycles. The van der Waals surface area contributed by atoms with E-state index in [-0.39, 0.29) is 29.4 Å². The third kappa shape index (κ3) is 5.44. The summed E-state index contributed by atoms with van der Waals surface area (Å²) in [6, 6.07) is 5.04. The van der Waals surface area contributed by atoms with E-state index in [1.807, 2.05) is 0 Å². The fourth-order valence-electron chi connectivity index (χ4n) is 4.08. The van der Waals surface area contributed by atoms with E-state index < -0.39 is 28.8 Å². The SMILES string of the molecule is COc1cnc(Cl)cc1-c1cc(C)ncc1C(=O)Nc1nc2c(s1)CN(C(=O)c1ccc(C(F)(F)F)nc1Cl)C2. The first kappa shape index (κ1) is 27.7. The Bertz CT molecular complexity index is 1640. The van der Waals surface area contributed by atoms with Gasteiger partial charge in [-0.15, -0.1) is 0 Å². The van der Waals surface area contributed by atoms with E-state index >= 15 is 0 Å². The fourth-order valence-corrected chi connectivity index (χ4v) is 5.45. The van der Waals surface area contributed by atoms with Crippen LogP contribution in [-0.2, 0) is 19.3 Å². The van der Waals surface area contributed by atoms with Crippen LogP contribution in [0.5, 0.6) is 5.75 Å². The van der Waals surface area contributed by atoms with Crippen LogP contribution in [0.25, 0.3) is 11.1 Å². The number of methoxy groups -OCH3 is 1. The van der Waals surface area contributed by atoms with Crippen molar-refractivity contribution in [3.05, 3.63) is 80.1 Å². The second kappa shape index (κ2) is 10.6. The van der Waals surface area contributed by atoms with Crippen molar-refractivity contribution >= 4 is 51.5 Å². The van der Waals surface area contributed by atoms with Gasteiger partial charge in [-0.3, -0.25) is 19.9 Å². The summed E-state index contributed by atoms with van der Waals surface area (Å²) in [4.78, 5) is 44.3. The Morgan fingerprint density at radius 3 is 2.50 bits per heavy atom. The van der Waals surface area contributed by atoms with Crippen molar-refractivity contribution in [2.45, 2.75) is 26.2 Å². The highest BCUT2D eigenvalue weighted by molar-refractivity contribution is 7.16. The maximum absolute atomic E-state index is 13.3. The number of aryl methyl sites for hydroxylation is 1. The molecule has 206 valence electrons. The lowest BCUT2D eigenvalue weighted by molar-refractivity contribution is -0.141. The van der Waals surface area contributed by atoms with Crippen LogP contribution in [0, 0.1) is 6.92 Å². The molecule has 0 saturated heterocycles. The summed E-state index contributed by atoms with van der Waals surface area (Å²) in [5.41, 5.74) is 1.23. The van der Waals surface area contributed by atoms with E-state index in [1.54, 1.807) is 19.1 Å². The highest BCUT2D eigenvalue weighted by Gasteiger charge is 2.35. The number of pyridine rings is 3. The molecule has 2 amide bonds. The third-order valence-electron chi connectivity index (χ3n) is 5.96. The number of thiazole rings is 1. The van der Waals surface area contributed by atoms with Gasteiger partial charge < -0.3 is 9.64 Å². The number of halogens is 5. The molecular formula is C25H17Cl2F3N6O3S. The molecule has 15 heteroatoms. The number of nitrogens with zero attached hydrogens (tertiary/aromatic N) is 5. The topological polar surface area (TPSA) is 110 Å². The smallest absolute Gasteiger partial charge is 0.433 e. The molecule has 40 heavy (non-hydrogen) atoms. The molecule has 0 radical (unpaired) electrons. The summed E-state index contributed by atoms with van der Waals surface area (Å²) >= 11 is 13.2. The van der Waals surface area contributed by atoms with Crippen LogP contribution in [0.1, 0.15) is 42.7 Å². The molecule has 0 unspecified atom stereocenters. The monoisotopic (exact) mass is 608 g/mol. The molecular weight excluding hydrogens is 592 g/mol. The van der Waals surface area contributed by atoms with Crippen LogP contribution in [0.2, 0.25) is 10.3 Å². The van der Waals surface area contributed by atoms with Gasteiger partial charge in [0.25, 0.3) is 11.8 Å². The summed E-state index contributed by atoms with van der Waals surface area (Å²) in [6.07, 6.45) is -1.78. The van der Waals surface area contributed by atoms with Crippen molar-refractivity contribution < 1.29 is 27.5 Å². The highest BCUT2D eigenvalue weighted by atomic mass is 35.5. The molecule has 4 aromatic heterocycles. The minimum atomic E-state index is -4.68. The van der Waals surface area contributed by atoms with Crippen molar-refractivity contribution in [3.63, 3.8) is 0 Å². The van der Waals surface area contributed by atoms with Gasteiger partial charge in [0, 0.05) is 23.0 Å². The van der Waals surface area contributed by atoms with Crippen molar-refractivity contribution in [2.75, 3.05) is 12.4 Å². The molecule has 5 heterocycles. The molecule has 5 rings (SSSR count). The number of hydrogen-bond acceptors (Lipinski definition) is 8. The predicted molar refractivity (Wildman–Crippen MR) is 142 cm³/mol. The van der Waals surface area contributed by atoms with Gasteiger partial charge in [0.2, 0.25) is 0 Å². The van der Waals surface area contributed by atoms with Gasteiger partial charge in [-0.05, 0) is 31.2 Å². The van der Waals surface area contributed by atoms with E-state index in [9.17, 15) is 22.8 Å². The van der Waals surface area contributed by atoms with Crippen LogP contribution < -0.4 is 10.1 Å². The summed E-state index contributed by atoms with van der Waals surface area (Å²) in [6.45, 7) is 2.01. The number of rotatable bonds is 5. The molecule has 0 spiro atoms. The molecule has 1 aliphatic rings. The van der Waals surface area contributed by atoms with Gasteiger partial charge >= 0.3 is 6.18 Å². The number of amides is 2. The second-order valence-electron chi connectivity index (χ2n) is 8.62. The zero-order valence-electron chi connectivity index (χ0n) is 20.6. The maximum atomic E-state index is 13.3. The Balaban J connectivity index is 1.33. The third-order valence-corrected chi connectivity index (χ3v) is 7.45. The Morgan fingerprint density at radius 2 is 1.82 bits per heavy atom. The normalized spacial score (nSPS) is 12.8. The number of aromatic nitrogens is 4. The lowest BCUT2D eigenvalue weighted by Crippen LogP contribution is -2.26. The van der Waals surface area contributed by atoms with E-state index in [4.69, 9.17) is 27.9 Å². The molecule has 0 aromatic carbocycles. The van der Waals surface area contributed by atoms with Crippen LogP contribution in [0.4, 0.5) is 18.3 Å². The second-order valence-corrected chi connectivity index (χ2v) is 10.4. The van der Waals surface area contributed by atoms with Gasteiger partial charge in [-0.25, -0.2) is 15.0 Å².